The topological polar surface area (TPSA) is 30.7 Å². The van der Waals surface area contributed by atoms with Crippen molar-refractivity contribution in [3.63, 3.8) is 0 Å². The summed E-state index contributed by atoms with van der Waals surface area (Å²) in [6.45, 7) is 6.41. The van der Waals surface area contributed by atoms with Crippen molar-refractivity contribution in [3.05, 3.63) is 23.8 Å². The number of thiazole rings is 1. The molecule has 2 aromatic rings. The van der Waals surface area contributed by atoms with Crippen molar-refractivity contribution >= 4 is 11.3 Å². The van der Waals surface area contributed by atoms with Crippen LogP contribution in [0.5, 0.6) is 0 Å². The number of rotatable bonds is 1. The highest BCUT2D eigenvalue weighted by molar-refractivity contribution is 7.13. The molecule has 2 rings (SSSR count). The fraction of sp³-hybridized carbons (Fsp3) is 0.400. The third kappa shape index (κ3) is 1.57. The van der Waals surface area contributed by atoms with Crippen LogP contribution in [-0.2, 0) is 5.54 Å². The summed E-state index contributed by atoms with van der Waals surface area (Å²) in [5, 5.41) is 7.33. The van der Waals surface area contributed by atoms with Gasteiger partial charge in [-0.25, -0.2) is 4.98 Å². The third-order valence-electron chi connectivity index (χ3n) is 1.93. The Morgan fingerprint density at radius 3 is 2.64 bits per heavy atom. The lowest BCUT2D eigenvalue weighted by atomic mass is 10.1. The maximum absolute atomic E-state index is 4.33. The Hall–Kier alpha value is -1.16. The summed E-state index contributed by atoms with van der Waals surface area (Å²) < 4.78 is 2.01. The monoisotopic (exact) mass is 207 g/mol. The van der Waals surface area contributed by atoms with Crippen molar-refractivity contribution in [2.75, 3.05) is 0 Å². The lowest BCUT2D eigenvalue weighted by Gasteiger charge is -2.21. The van der Waals surface area contributed by atoms with Crippen LogP contribution in [0.15, 0.2) is 23.8 Å². The van der Waals surface area contributed by atoms with E-state index in [1.807, 2.05) is 28.5 Å². The second kappa shape index (κ2) is 3.20. The standard InChI is InChI=1S/C10H13N3S/c1-10(2,3)13-8(4-5-12-13)9-11-6-7-14-9/h4-7H,1-3H3. The second-order valence-electron chi connectivity index (χ2n) is 4.14. The number of aromatic nitrogens is 3. The summed E-state index contributed by atoms with van der Waals surface area (Å²) in [7, 11) is 0. The normalized spacial score (nSPS) is 11.9. The van der Waals surface area contributed by atoms with Crippen LogP contribution >= 0.6 is 11.3 Å². The van der Waals surface area contributed by atoms with Gasteiger partial charge in [-0.3, -0.25) is 4.68 Å². The van der Waals surface area contributed by atoms with Crippen LogP contribution in [0.1, 0.15) is 20.8 Å². The highest BCUT2D eigenvalue weighted by Crippen LogP contribution is 2.26. The van der Waals surface area contributed by atoms with E-state index in [9.17, 15) is 0 Å². The summed E-state index contributed by atoms with van der Waals surface area (Å²) in [4.78, 5) is 4.29. The zero-order valence-electron chi connectivity index (χ0n) is 8.56. The fourth-order valence-corrected chi connectivity index (χ4v) is 2.00. The molecule has 0 radical (unpaired) electrons. The zero-order chi connectivity index (χ0) is 10.2. The van der Waals surface area contributed by atoms with Gasteiger partial charge < -0.3 is 0 Å². The van der Waals surface area contributed by atoms with Gasteiger partial charge in [0, 0.05) is 17.8 Å². The molecule has 0 aliphatic heterocycles. The van der Waals surface area contributed by atoms with Crippen molar-refractivity contribution < 1.29 is 0 Å². The lowest BCUT2D eigenvalue weighted by Crippen LogP contribution is -2.23. The van der Waals surface area contributed by atoms with Crippen LogP contribution in [0.25, 0.3) is 10.7 Å². The molecule has 0 atom stereocenters. The fourth-order valence-electron chi connectivity index (χ4n) is 1.35. The summed E-state index contributed by atoms with van der Waals surface area (Å²) in [6.07, 6.45) is 3.64. The van der Waals surface area contributed by atoms with Gasteiger partial charge in [0.1, 0.15) is 5.01 Å². The van der Waals surface area contributed by atoms with E-state index >= 15 is 0 Å². The Bertz CT molecular complexity index is 409. The van der Waals surface area contributed by atoms with Crippen LogP contribution in [0.3, 0.4) is 0 Å². The van der Waals surface area contributed by atoms with E-state index in [1.54, 1.807) is 11.3 Å². The van der Waals surface area contributed by atoms with Crippen molar-refractivity contribution in [1.29, 1.82) is 0 Å². The first kappa shape index (κ1) is 9.40. The van der Waals surface area contributed by atoms with E-state index in [-0.39, 0.29) is 5.54 Å². The van der Waals surface area contributed by atoms with Gasteiger partial charge in [-0.05, 0) is 26.8 Å². The van der Waals surface area contributed by atoms with Gasteiger partial charge in [0.25, 0.3) is 0 Å². The summed E-state index contributed by atoms with van der Waals surface area (Å²) >= 11 is 1.64. The first-order valence-corrected chi connectivity index (χ1v) is 5.41. The van der Waals surface area contributed by atoms with Gasteiger partial charge in [-0.2, -0.15) is 5.10 Å². The Morgan fingerprint density at radius 1 is 1.29 bits per heavy atom. The molecular formula is C10H13N3S. The molecule has 0 fully saturated rings. The summed E-state index contributed by atoms with van der Waals surface area (Å²) in [5.41, 5.74) is 1.09. The van der Waals surface area contributed by atoms with Crippen molar-refractivity contribution in [1.82, 2.24) is 14.8 Å². The van der Waals surface area contributed by atoms with E-state index in [4.69, 9.17) is 0 Å². The van der Waals surface area contributed by atoms with Crippen LogP contribution in [-0.4, -0.2) is 14.8 Å². The van der Waals surface area contributed by atoms with Crippen molar-refractivity contribution in [3.8, 4) is 10.7 Å². The Morgan fingerprint density at radius 2 is 2.07 bits per heavy atom. The first-order valence-electron chi connectivity index (χ1n) is 4.53. The molecule has 2 heterocycles. The molecule has 0 spiro atoms. The molecule has 0 aliphatic rings. The first-order chi connectivity index (χ1) is 6.59. The minimum absolute atomic E-state index is 0.00447. The quantitative estimate of drug-likeness (QED) is 0.720. The van der Waals surface area contributed by atoms with E-state index in [2.05, 4.69) is 30.9 Å². The molecular weight excluding hydrogens is 194 g/mol. The molecule has 0 amide bonds. The van der Waals surface area contributed by atoms with E-state index in [1.165, 1.54) is 0 Å². The van der Waals surface area contributed by atoms with Gasteiger partial charge in [0.15, 0.2) is 0 Å². The number of hydrogen-bond donors (Lipinski definition) is 0. The summed E-state index contributed by atoms with van der Waals surface area (Å²) in [6, 6.07) is 2.00. The van der Waals surface area contributed by atoms with Gasteiger partial charge in [-0.1, -0.05) is 0 Å². The smallest absolute Gasteiger partial charge is 0.141 e. The van der Waals surface area contributed by atoms with E-state index in [0.29, 0.717) is 0 Å². The number of hydrogen-bond acceptors (Lipinski definition) is 3. The molecule has 0 N–H and O–H groups in total. The Balaban J connectivity index is 2.51. The van der Waals surface area contributed by atoms with E-state index < -0.39 is 0 Å². The molecule has 0 saturated carbocycles. The minimum Gasteiger partial charge on any atom is -0.257 e. The molecule has 0 aromatic carbocycles. The molecule has 14 heavy (non-hydrogen) atoms. The minimum atomic E-state index is 0.00447. The van der Waals surface area contributed by atoms with Crippen LogP contribution in [0.2, 0.25) is 0 Å². The van der Waals surface area contributed by atoms with Crippen LogP contribution in [0, 0.1) is 0 Å². The SMILES string of the molecule is CC(C)(C)n1nccc1-c1nccs1. The van der Waals surface area contributed by atoms with Crippen molar-refractivity contribution in [2.45, 2.75) is 26.3 Å². The van der Waals surface area contributed by atoms with E-state index in [0.717, 1.165) is 10.7 Å². The van der Waals surface area contributed by atoms with Crippen molar-refractivity contribution in [2.24, 2.45) is 0 Å². The highest BCUT2D eigenvalue weighted by Gasteiger charge is 2.18. The molecule has 74 valence electrons. The molecule has 2 aromatic heterocycles. The molecule has 0 bridgehead atoms. The number of nitrogens with zero attached hydrogens (tertiary/aromatic N) is 3. The Labute approximate surface area is 87.4 Å². The predicted octanol–water partition coefficient (Wildman–Crippen LogP) is 2.76. The molecule has 4 heteroatoms. The van der Waals surface area contributed by atoms with Gasteiger partial charge in [0.2, 0.25) is 0 Å². The average molecular weight is 207 g/mol. The van der Waals surface area contributed by atoms with Crippen LogP contribution in [0.4, 0.5) is 0 Å². The predicted molar refractivity (Wildman–Crippen MR) is 58.3 cm³/mol. The molecule has 0 unspecified atom stereocenters. The molecule has 3 nitrogen and oxygen atoms in total. The third-order valence-corrected chi connectivity index (χ3v) is 2.73. The molecule has 0 saturated heterocycles. The average Bonchev–Trinajstić information content (AvgIpc) is 2.73. The summed E-state index contributed by atoms with van der Waals surface area (Å²) in [5.74, 6) is 0. The zero-order valence-corrected chi connectivity index (χ0v) is 9.38. The van der Waals surface area contributed by atoms with Crippen LogP contribution < -0.4 is 0 Å². The van der Waals surface area contributed by atoms with Gasteiger partial charge in [0.05, 0.1) is 11.2 Å². The maximum Gasteiger partial charge on any atom is 0.141 e. The van der Waals surface area contributed by atoms with Gasteiger partial charge >= 0.3 is 0 Å². The Kier molecular flexibility index (Phi) is 2.15. The second-order valence-corrected chi connectivity index (χ2v) is 5.03. The lowest BCUT2D eigenvalue weighted by molar-refractivity contribution is 0.360. The molecule has 0 aliphatic carbocycles. The van der Waals surface area contributed by atoms with Gasteiger partial charge in [-0.15, -0.1) is 11.3 Å². The largest absolute Gasteiger partial charge is 0.257 e. The maximum atomic E-state index is 4.33. The highest BCUT2D eigenvalue weighted by atomic mass is 32.1.